The SMILES string of the molecule is COc1ccc([C@@H](CCCOCc2ccccc2)N2Cc3c(cccc3N3CCCCC3)C2=O)cc1OC. The van der Waals surface area contributed by atoms with E-state index in [0.29, 0.717) is 31.3 Å². The Morgan fingerprint density at radius 3 is 2.42 bits per heavy atom. The third kappa shape index (κ3) is 5.65. The molecule has 0 radical (unpaired) electrons. The Labute approximate surface area is 226 Å². The molecule has 2 aliphatic heterocycles. The first-order valence-electron chi connectivity index (χ1n) is 13.7. The van der Waals surface area contributed by atoms with Gasteiger partial charge in [0.2, 0.25) is 0 Å². The predicted octanol–water partition coefficient (Wildman–Crippen LogP) is 6.39. The monoisotopic (exact) mass is 514 g/mol. The Morgan fingerprint density at radius 1 is 0.868 bits per heavy atom. The van der Waals surface area contributed by atoms with E-state index in [-0.39, 0.29) is 11.9 Å². The van der Waals surface area contributed by atoms with Gasteiger partial charge in [0, 0.05) is 43.1 Å². The van der Waals surface area contributed by atoms with Crippen molar-refractivity contribution in [1.82, 2.24) is 4.90 Å². The van der Waals surface area contributed by atoms with Crippen molar-refractivity contribution >= 4 is 11.6 Å². The fraction of sp³-hybridized carbons (Fsp3) is 0.406. The quantitative estimate of drug-likeness (QED) is 0.278. The second kappa shape index (κ2) is 12.4. The van der Waals surface area contributed by atoms with Gasteiger partial charge in [-0.3, -0.25) is 4.79 Å². The molecule has 6 heteroatoms. The minimum atomic E-state index is -0.0933. The molecular weight excluding hydrogens is 476 g/mol. The molecule has 38 heavy (non-hydrogen) atoms. The Kier molecular flexibility index (Phi) is 8.49. The summed E-state index contributed by atoms with van der Waals surface area (Å²) in [6.45, 7) is 3.96. The van der Waals surface area contributed by atoms with Crippen LogP contribution in [0.4, 0.5) is 5.69 Å². The minimum Gasteiger partial charge on any atom is -0.493 e. The van der Waals surface area contributed by atoms with Gasteiger partial charge in [0.25, 0.3) is 5.91 Å². The molecule has 0 N–H and O–H groups in total. The Balaban J connectivity index is 1.36. The van der Waals surface area contributed by atoms with E-state index in [1.54, 1.807) is 14.2 Å². The molecule has 2 heterocycles. The molecule has 0 bridgehead atoms. The van der Waals surface area contributed by atoms with Gasteiger partial charge in [-0.2, -0.15) is 0 Å². The summed E-state index contributed by atoms with van der Waals surface area (Å²) in [7, 11) is 3.29. The van der Waals surface area contributed by atoms with E-state index in [1.165, 1.54) is 30.5 Å². The van der Waals surface area contributed by atoms with Crippen molar-refractivity contribution < 1.29 is 19.0 Å². The molecule has 0 spiro atoms. The summed E-state index contributed by atoms with van der Waals surface area (Å²) in [5.74, 6) is 1.46. The average Bonchev–Trinajstić information content (AvgIpc) is 3.31. The molecule has 3 aromatic carbocycles. The average molecular weight is 515 g/mol. The molecule has 0 saturated carbocycles. The van der Waals surface area contributed by atoms with E-state index in [1.807, 2.05) is 47.4 Å². The van der Waals surface area contributed by atoms with Crippen LogP contribution in [0.2, 0.25) is 0 Å². The zero-order valence-electron chi connectivity index (χ0n) is 22.5. The number of piperidine rings is 1. The Bertz CT molecular complexity index is 1220. The molecule has 1 atom stereocenters. The number of anilines is 1. The van der Waals surface area contributed by atoms with Crippen LogP contribution >= 0.6 is 0 Å². The standard InChI is InChI=1S/C32H38N2O4/c1-36-30-17-16-25(21-31(30)37-2)28(15-10-20-38-23-24-11-5-3-6-12-24)34-22-27-26(32(34)35)13-9-14-29(27)33-18-7-4-8-19-33/h3,5-6,9,11-14,16-17,21,28H,4,7-8,10,15,18-20,22-23H2,1-2H3/t28-/m1/s1. The maximum atomic E-state index is 13.8. The largest absolute Gasteiger partial charge is 0.493 e. The number of methoxy groups -OCH3 is 2. The van der Waals surface area contributed by atoms with Crippen molar-refractivity contribution in [3.63, 3.8) is 0 Å². The van der Waals surface area contributed by atoms with Crippen molar-refractivity contribution in [2.24, 2.45) is 0 Å². The normalized spacial score (nSPS) is 15.9. The number of hydrogen-bond donors (Lipinski definition) is 0. The van der Waals surface area contributed by atoms with Crippen molar-refractivity contribution in [2.75, 3.05) is 38.8 Å². The van der Waals surface area contributed by atoms with Crippen molar-refractivity contribution in [1.29, 1.82) is 0 Å². The van der Waals surface area contributed by atoms with Crippen LogP contribution in [0, 0.1) is 0 Å². The second-order valence-electron chi connectivity index (χ2n) is 10.1. The first kappa shape index (κ1) is 26.1. The van der Waals surface area contributed by atoms with Gasteiger partial charge in [0.05, 0.1) is 26.9 Å². The lowest BCUT2D eigenvalue weighted by Crippen LogP contribution is -2.31. The van der Waals surface area contributed by atoms with Crippen LogP contribution in [-0.2, 0) is 17.9 Å². The molecule has 0 aliphatic carbocycles. The number of benzene rings is 3. The molecule has 200 valence electrons. The number of hydrogen-bond acceptors (Lipinski definition) is 5. The van der Waals surface area contributed by atoms with Crippen LogP contribution in [0.5, 0.6) is 11.5 Å². The zero-order chi connectivity index (χ0) is 26.3. The van der Waals surface area contributed by atoms with Crippen molar-refractivity contribution in [2.45, 2.75) is 51.3 Å². The number of amides is 1. The summed E-state index contributed by atoms with van der Waals surface area (Å²) in [4.78, 5) is 18.3. The van der Waals surface area contributed by atoms with Crippen LogP contribution in [-0.4, -0.2) is 44.7 Å². The molecule has 0 aromatic heterocycles. The highest BCUT2D eigenvalue weighted by Gasteiger charge is 2.36. The van der Waals surface area contributed by atoms with Crippen molar-refractivity contribution in [3.8, 4) is 11.5 Å². The van der Waals surface area contributed by atoms with Crippen LogP contribution < -0.4 is 14.4 Å². The van der Waals surface area contributed by atoms with Gasteiger partial charge in [0.1, 0.15) is 0 Å². The van der Waals surface area contributed by atoms with E-state index in [0.717, 1.165) is 42.6 Å². The van der Waals surface area contributed by atoms with Gasteiger partial charge >= 0.3 is 0 Å². The molecule has 3 aromatic rings. The summed E-state index contributed by atoms with van der Waals surface area (Å²) < 4.78 is 17.1. The fourth-order valence-corrected chi connectivity index (χ4v) is 5.73. The van der Waals surface area contributed by atoms with E-state index in [9.17, 15) is 4.79 Å². The summed E-state index contributed by atoms with van der Waals surface area (Å²) >= 11 is 0. The van der Waals surface area contributed by atoms with Gasteiger partial charge in [0.15, 0.2) is 11.5 Å². The molecule has 0 unspecified atom stereocenters. The van der Waals surface area contributed by atoms with E-state index >= 15 is 0 Å². The lowest BCUT2D eigenvalue weighted by molar-refractivity contribution is 0.0660. The van der Waals surface area contributed by atoms with Gasteiger partial charge in [-0.25, -0.2) is 0 Å². The molecule has 1 fully saturated rings. The number of nitrogens with zero attached hydrogens (tertiary/aromatic N) is 2. The van der Waals surface area contributed by atoms with Gasteiger partial charge in [-0.15, -0.1) is 0 Å². The van der Waals surface area contributed by atoms with E-state index in [4.69, 9.17) is 14.2 Å². The van der Waals surface area contributed by atoms with Gasteiger partial charge < -0.3 is 24.0 Å². The lowest BCUT2D eigenvalue weighted by atomic mass is 9.99. The van der Waals surface area contributed by atoms with Crippen LogP contribution in [0.1, 0.15) is 65.2 Å². The maximum absolute atomic E-state index is 13.8. The minimum absolute atomic E-state index is 0.0933. The summed E-state index contributed by atoms with van der Waals surface area (Å²) in [6, 6.07) is 22.3. The fourth-order valence-electron chi connectivity index (χ4n) is 5.73. The van der Waals surface area contributed by atoms with E-state index < -0.39 is 0 Å². The number of rotatable bonds is 11. The van der Waals surface area contributed by atoms with Gasteiger partial charge in [-0.1, -0.05) is 42.5 Å². The first-order chi connectivity index (χ1) is 18.7. The number of fused-ring (bicyclic) bond motifs is 1. The zero-order valence-corrected chi connectivity index (χ0v) is 22.5. The molecule has 6 nitrogen and oxygen atoms in total. The molecular formula is C32H38N2O4. The second-order valence-corrected chi connectivity index (χ2v) is 10.1. The topological polar surface area (TPSA) is 51.2 Å². The molecule has 1 saturated heterocycles. The van der Waals surface area contributed by atoms with Crippen LogP contribution in [0.3, 0.4) is 0 Å². The first-order valence-corrected chi connectivity index (χ1v) is 13.7. The van der Waals surface area contributed by atoms with Crippen LogP contribution in [0.15, 0.2) is 66.7 Å². The highest BCUT2D eigenvalue weighted by atomic mass is 16.5. The van der Waals surface area contributed by atoms with Crippen LogP contribution in [0.25, 0.3) is 0 Å². The highest BCUT2D eigenvalue weighted by Crippen LogP contribution is 2.40. The van der Waals surface area contributed by atoms with E-state index in [2.05, 4.69) is 29.2 Å². The summed E-state index contributed by atoms with van der Waals surface area (Å²) in [5.41, 5.74) is 5.42. The third-order valence-corrected chi connectivity index (χ3v) is 7.71. The number of carbonyl (C=O) groups is 1. The summed E-state index contributed by atoms with van der Waals surface area (Å²) in [5, 5.41) is 0. The lowest BCUT2D eigenvalue weighted by Gasteiger charge is -2.31. The maximum Gasteiger partial charge on any atom is 0.255 e. The highest BCUT2D eigenvalue weighted by molar-refractivity contribution is 6.00. The Morgan fingerprint density at radius 2 is 1.66 bits per heavy atom. The van der Waals surface area contributed by atoms with Gasteiger partial charge in [-0.05, 0) is 67.5 Å². The number of ether oxygens (including phenoxy) is 3. The third-order valence-electron chi connectivity index (χ3n) is 7.71. The molecule has 5 rings (SSSR count). The molecule has 2 aliphatic rings. The predicted molar refractivity (Wildman–Crippen MR) is 150 cm³/mol. The summed E-state index contributed by atoms with van der Waals surface area (Å²) in [6.07, 6.45) is 5.33. The van der Waals surface area contributed by atoms with Crippen molar-refractivity contribution in [3.05, 3.63) is 89.0 Å². The smallest absolute Gasteiger partial charge is 0.255 e. The molecule has 1 amide bonds. The number of carbonyl (C=O) groups excluding carboxylic acids is 1. The Hall–Kier alpha value is -3.51.